The highest BCUT2D eigenvalue weighted by Crippen LogP contribution is 2.22. The second kappa shape index (κ2) is 6.52. The molecule has 2 unspecified atom stereocenters. The molecule has 21 heavy (non-hydrogen) atoms. The van der Waals surface area contributed by atoms with Crippen molar-refractivity contribution < 1.29 is 4.79 Å². The van der Waals surface area contributed by atoms with Gasteiger partial charge in [-0.2, -0.15) is 5.10 Å². The number of carbonyl (C=O) groups is 1. The van der Waals surface area contributed by atoms with E-state index in [9.17, 15) is 4.79 Å². The van der Waals surface area contributed by atoms with E-state index in [1.165, 1.54) is 6.33 Å². The van der Waals surface area contributed by atoms with Crippen LogP contribution in [0.5, 0.6) is 0 Å². The third kappa shape index (κ3) is 3.29. The molecule has 1 aromatic carbocycles. The maximum atomic E-state index is 12.2. The van der Waals surface area contributed by atoms with Gasteiger partial charge in [0.25, 0.3) is 0 Å². The van der Waals surface area contributed by atoms with Gasteiger partial charge in [0.2, 0.25) is 5.91 Å². The van der Waals surface area contributed by atoms with Gasteiger partial charge in [0.05, 0.1) is 11.7 Å². The number of rotatable bonds is 5. The maximum absolute atomic E-state index is 12.2. The number of hydrogen-bond acceptors (Lipinski definition) is 3. The zero-order valence-electron chi connectivity index (χ0n) is 13.0. The molecular weight excluding hydrogens is 264 g/mol. The largest absolute Gasteiger partial charge is 0.339 e. The second-order valence-corrected chi connectivity index (χ2v) is 5.37. The molecule has 0 fully saturated rings. The van der Waals surface area contributed by atoms with Gasteiger partial charge in [-0.15, -0.1) is 0 Å². The lowest BCUT2D eigenvalue weighted by atomic mass is 10.0. The molecule has 0 aliphatic heterocycles. The number of hydrogen-bond donors (Lipinski definition) is 0. The first-order valence-electron chi connectivity index (χ1n) is 7.26. The third-order valence-electron chi connectivity index (χ3n) is 4.02. The fourth-order valence-corrected chi connectivity index (χ4v) is 2.18. The fraction of sp³-hybridized carbons (Fsp3) is 0.438. The van der Waals surface area contributed by atoms with Crippen molar-refractivity contribution in [1.82, 2.24) is 19.7 Å². The average molecular weight is 286 g/mol. The van der Waals surface area contributed by atoms with Gasteiger partial charge in [-0.05, 0) is 31.0 Å². The van der Waals surface area contributed by atoms with Crippen molar-refractivity contribution in [3.05, 3.63) is 42.5 Å². The number of benzene rings is 1. The Hall–Kier alpha value is -2.17. The van der Waals surface area contributed by atoms with Crippen molar-refractivity contribution in [3.8, 4) is 5.69 Å². The maximum Gasteiger partial charge on any atom is 0.225 e. The van der Waals surface area contributed by atoms with Crippen molar-refractivity contribution >= 4 is 5.91 Å². The molecule has 0 spiro atoms. The number of aromatic nitrogens is 3. The van der Waals surface area contributed by atoms with E-state index < -0.39 is 0 Å². The minimum absolute atomic E-state index is 0.0521. The number of carbonyl (C=O) groups excluding carboxylic acids is 1. The molecule has 0 aliphatic carbocycles. The third-order valence-corrected chi connectivity index (χ3v) is 4.02. The Morgan fingerprint density at radius 2 is 1.95 bits per heavy atom. The first-order valence-corrected chi connectivity index (χ1v) is 7.26. The molecule has 5 heteroatoms. The molecule has 0 N–H and O–H groups in total. The molecular formula is C16H22N4O. The molecule has 1 heterocycles. The van der Waals surface area contributed by atoms with E-state index in [1.807, 2.05) is 57.0 Å². The predicted molar refractivity (Wildman–Crippen MR) is 82.0 cm³/mol. The molecule has 5 nitrogen and oxygen atoms in total. The minimum Gasteiger partial charge on any atom is -0.339 e. The van der Waals surface area contributed by atoms with Crippen LogP contribution in [-0.4, -0.2) is 32.6 Å². The Morgan fingerprint density at radius 3 is 2.48 bits per heavy atom. The van der Waals surface area contributed by atoms with Gasteiger partial charge < -0.3 is 4.90 Å². The average Bonchev–Trinajstić information content (AvgIpc) is 3.06. The van der Waals surface area contributed by atoms with Crippen LogP contribution >= 0.6 is 0 Å². The van der Waals surface area contributed by atoms with Crippen molar-refractivity contribution in [2.45, 2.75) is 33.2 Å². The molecule has 0 bridgehead atoms. The lowest BCUT2D eigenvalue weighted by Gasteiger charge is -2.28. The Labute approximate surface area is 125 Å². The summed E-state index contributed by atoms with van der Waals surface area (Å²) in [5, 5.41) is 4.10. The molecule has 0 saturated heterocycles. The Balaban J connectivity index is 2.13. The summed E-state index contributed by atoms with van der Waals surface area (Å²) >= 11 is 0. The highest BCUT2D eigenvalue weighted by molar-refractivity contribution is 5.78. The van der Waals surface area contributed by atoms with Crippen molar-refractivity contribution in [1.29, 1.82) is 0 Å². The van der Waals surface area contributed by atoms with Crippen LogP contribution in [-0.2, 0) is 4.79 Å². The summed E-state index contributed by atoms with van der Waals surface area (Å²) in [6.45, 7) is 6.05. The van der Waals surface area contributed by atoms with Crippen LogP contribution < -0.4 is 0 Å². The molecule has 112 valence electrons. The minimum atomic E-state index is 0.0521. The zero-order valence-corrected chi connectivity index (χ0v) is 13.0. The van der Waals surface area contributed by atoms with E-state index in [0.717, 1.165) is 17.7 Å². The zero-order chi connectivity index (χ0) is 15.4. The molecule has 0 aliphatic rings. The van der Waals surface area contributed by atoms with Crippen LogP contribution in [0.15, 0.2) is 36.9 Å². The summed E-state index contributed by atoms with van der Waals surface area (Å²) in [5.41, 5.74) is 2.07. The number of nitrogens with zero attached hydrogens (tertiary/aromatic N) is 4. The molecule has 2 aromatic rings. The van der Waals surface area contributed by atoms with Crippen molar-refractivity contribution in [3.63, 3.8) is 0 Å². The van der Waals surface area contributed by atoms with Crippen LogP contribution in [0.4, 0.5) is 0 Å². The van der Waals surface area contributed by atoms with E-state index in [0.29, 0.717) is 0 Å². The first kappa shape index (κ1) is 15.2. The Morgan fingerprint density at radius 1 is 1.29 bits per heavy atom. The van der Waals surface area contributed by atoms with Crippen LogP contribution in [0.25, 0.3) is 5.69 Å². The summed E-state index contributed by atoms with van der Waals surface area (Å²) in [7, 11) is 1.87. The monoisotopic (exact) mass is 286 g/mol. The van der Waals surface area contributed by atoms with E-state index in [-0.39, 0.29) is 17.9 Å². The van der Waals surface area contributed by atoms with E-state index >= 15 is 0 Å². The van der Waals surface area contributed by atoms with Crippen LogP contribution in [0.3, 0.4) is 0 Å². The highest BCUT2D eigenvalue weighted by Gasteiger charge is 2.21. The van der Waals surface area contributed by atoms with Crippen molar-refractivity contribution in [2.75, 3.05) is 7.05 Å². The Kier molecular flexibility index (Phi) is 4.73. The molecule has 0 radical (unpaired) electrons. The standard InChI is InChI=1S/C16H22N4O/c1-5-12(2)16(21)19(4)13(3)14-6-8-15(9-7-14)20-11-17-10-18-20/h6-13H,5H2,1-4H3. The van der Waals surface area contributed by atoms with Gasteiger partial charge >= 0.3 is 0 Å². The van der Waals surface area contributed by atoms with Gasteiger partial charge in [-0.25, -0.2) is 9.67 Å². The topological polar surface area (TPSA) is 51.0 Å². The van der Waals surface area contributed by atoms with E-state index in [2.05, 4.69) is 10.1 Å². The van der Waals surface area contributed by atoms with E-state index in [1.54, 1.807) is 11.0 Å². The number of amides is 1. The summed E-state index contributed by atoms with van der Waals surface area (Å²) in [5.74, 6) is 0.247. The Bertz CT molecular complexity index is 577. The summed E-state index contributed by atoms with van der Waals surface area (Å²) in [6.07, 6.45) is 4.03. The van der Waals surface area contributed by atoms with E-state index in [4.69, 9.17) is 0 Å². The van der Waals surface area contributed by atoms with Gasteiger partial charge in [-0.1, -0.05) is 26.0 Å². The lowest BCUT2D eigenvalue weighted by molar-refractivity contribution is -0.135. The fourth-order valence-electron chi connectivity index (χ4n) is 2.18. The predicted octanol–water partition coefficient (Wildman–Crippen LogP) is 2.83. The van der Waals surface area contributed by atoms with Crippen molar-refractivity contribution in [2.24, 2.45) is 5.92 Å². The smallest absolute Gasteiger partial charge is 0.225 e. The second-order valence-electron chi connectivity index (χ2n) is 5.37. The summed E-state index contributed by atoms with van der Waals surface area (Å²) in [6, 6.07) is 8.09. The first-order chi connectivity index (χ1) is 10.0. The molecule has 1 amide bonds. The molecule has 2 atom stereocenters. The van der Waals surface area contributed by atoms with Gasteiger partial charge in [0, 0.05) is 13.0 Å². The van der Waals surface area contributed by atoms with Gasteiger partial charge in [0.15, 0.2) is 0 Å². The SMILES string of the molecule is CCC(C)C(=O)N(C)C(C)c1ccc(-n2cncn2)cc1. The summed E-state index contributed by atoms with van der Waals surface area (Å²) < 4.78 is 1.71. The molecule has 0 saturated carbocycles. The summed E-state index contributed by atoms with van der Waals surface area (Å²) in [4.78, 5) is 18.0. The van der Waals surface area contributed by atoms with Gasteiger partial charge in [0.1, 0.15) is 12.7 Å². The van der Waals surface area contributed by atoms with Gasteiger partial charge in [-0.3, -0.25) is 4.79 Å². The van der Waals surface area contributed by atoms with Crippen LogP contribution in [0, 0.1) is 5.92 Å². The quantitative estimate of drug-likeness (QED) is 0.849. The van der Waals surface area contributed by atoms with Crippen LogP contribution in [0.2, 0.25) is 0 Å². The van der Waals surface area contributed by atoms with Crippen LogP contribution in [0.1, 0.15) is 38.8 Å². The molecule has 2 rings (SSSR count). The highest BCUT2D eigenvalue weighted by atomic mass is 16.2. The normalized spacial score (nSPS) is 13.7. The molecule has 1 aromatic heterocycles. The lowest BCUT2D eigenvalue weighted by Crippen LogP contribution is -2.33.